The number of nitrogens with zero attached hydrogens (tertiary/aromatic N) is 1. The molecule has 3 nitrogen and oxygen atoms in total. The number of hydrogen-bond donors (Lipinski definition) is 2. The molecule has 0 fully saturated rings. The lowest BCUT2D eigenvalue weighted by Gasteiger charge is -2.07. The van der Waals surface area contributed by atoms with Crippen molar-refractivity contribution in [3.63, 3.8) is 0 Å². The fraction of sp³-hybridized carbons (Fsp3) is 0.500. The Labute approximate surface area is 89.9 Å². The average Bonchev–Trinajstić information content (AvgIpc) is 2.19. The smallest absolute Gasteiger partial charge is 0.126 e. The van der Waals surface area contributed by atoms with E-state index in [4.69, 9.17) is 11.6 Å². The van der Waals surface area contributed by atoms with E-state index in [0.717, 1.165) is 24.5 Å². The summed E-state index contributed by atoms with van der Waals surface area (Å²) in [5, 5.41) is 6.97. The van der Waals surface area contributed by atoms with Gasteiger partial charge in [0, 0.05) is 13.1 Å². The lowest BCUT2D eigenvalue weighted by molar-refractivity contribution is 0.791. The van der Waals surface area contributed by atoms with E-state index in [2.05, 4.69) is 22.5 Å². The first kappa shape index (κ1) is 11.3. The van der Waals surface area contributed by atoms with Gasteiger partial charge in [-0.3, -0.25) is 0 Å². The highest BCUT2D eigenvalue weighted by atomic mass is 35.5. The zero-order valence-electron chi connectivity index (χ0n) is 8.60. The van der Waals surface area contributed by atoms with Crippen LogP contribution >= 0.6 is 11.6 Å². The Morgan fingerprint density at radius 3 is 2.86 bits per heavy atom. The van der Waals surface area contributed by atoms with Crippen LogP contribution in [-0.4, -0.2) is 18.6 Å². The van der Waals surface area contributed by atoms with Gasteiger partial charge < -0.3 is 10.6 Å². The van der Waals surface area contributed by atoms with Crippen LogP contribution in [0.15, 0.2) is 12.1 Å². The highest BCUT2D eigenvalue weighted by molar-refractivity contribution is 6.31. The van der Waals surface area contributed by atoms with E-state index in [1.54, 1.807) is 0 Å². The normalized spacial score (nSPS) is 10.2. The second kappa shape index (κ2) is 5.83. The number of anilines is 1. The Morgan fingerprint density at radius 2 is 2.21 bits per heavy atom. The summed E-state index contributed by atoms with van der Waals surface area (Å²) >= 11 is 5.98. The van der Waals surface area contributed by atoms with Gasteiger partial charge in [0.05, 0.1) is 10.7 Å². The molecule has 78 valence electrons. The van der Waals surface area contributed by atoms with Crippen molar-refractivity contribution < 1.29 is 0 Å². The highest BCUT2D eigenvalue weighted by Gasteiger charge is 2.02. The third-order valence-corrected chi connectivity index (χ3v) is 2.16. The zero-order chi connectivity index (χ0) is 10.4. The van der Waals surface area contributed by atoms with Crippen molar-refractivity contribution in [3.05, 3.63) is 22.8 Å². The molecule has 0 unspecified atom stereocenters. The molecule has 14 heavy (non-hydrogen) atoms. The fourth-order valence-electron chi connectivity index (χ4n) is 1.13. The molecule has 0 amide bonds. The standard InChI is InChI=1S/C10H16ClN3/c1-3-6-13-10-5-4-8(11)9(14-10)7-12-2/h4-5,12H,3,6-7H2,1-2H3,(H,13,14). The summed E-state index contributed by atoms with van der Waals surface area (Å²) in [5.74, 6) is 0.890. The maximum Gasteiger partial charge on any atom is 0.126 e. The van der Waals surface area contributed by atoms with Crippen LogP contribution in [0.4, 0.5) is 5.82 Å². The maximum absolute atomic E-state index is 5.98. The number of halogens is 1. The Morgan fingerprint density at radius 1 is 1.43 bits per heavy atom. The highest BCUT2D eigenvalue weighted by Crippen LogP contribution is 2.16. The first-order valence-corrected chi connectivity index (χ1v) is 5.19. The molecule has 0 saturated heterocycles. The van der Waals surface area contributed by atoms with Crippen LogP contribution in [0.25, 0.3) is 0 Å². The predicted octanol–water partition coefficient (Wildman–Crippen LogP) is 2.28. The van der Waals surface area contributed by atoms with Gasteiger partial charge in [0.25, 0.3) is 0 Å². The number of aromatic nitrogens is 1. The Balaban J connectivity index is 2.72. The molecule has 0 spiro atoms. The van der Waals surface area contributed by atoms with Gasteiger partial charge in [0.15, 0.2) is 0 Å². The molecule has 1 aromatic heterocycles. The van der Waals surface area contributed by atoms with Crippen LogP contribution in [0.3, 0.4) is 0 Å². The van der Waals surface area contributed by atoms with Crippen LogP contribution < -0.4 is 10.6 Å². The molecule has 0 saturated carbocycles. The second-order valence-electron chi connectivity index (χ2n) is 3.08. The van der Waals surface area contributed by atoms with Crippen molar-refractivity contribution in [1.29, 1.82) is 0 Å². The van der Waals surface area contributed by atoms with Gasteiger partial charge in [-0.05, 0) is 25.6 Å². The van der Waals surface area contributed by atoms with E-state index in [9.17, 15) is 0 Å². The molecule has 0 bridgehead atoms. The third kappa shape index (κ3) is 3.16. The summed E-state index contributed by atoms with van der Waals surface area (Å²) in [7, 11) is 1.88. The molecule has 0 aliphatic carbocycles. The van der Waals surface area contributed by atoms with Crippen LogP contribution in [0.5, 0.6) is 0 Å². The van der Waals surface area contributed by atoms with Crippen LogP contribution in [0.2, 0.25) is 5.02 Å². The molecule has 0 radical (unpaired) electrons. The maximum atomic E-state index is 5.98. The summed E-state index contributed by atoms with van der Waals surface area (Å²) < 4.78 is 0. The number of nitrogens with one attached hydrogen (secondary N) is 2. The summed E-state index contributed by atoms with van der Waals surface area (Å²) in [6.07, 6.45) is 1.09. The van der Waals surface area contributed by atoms with Gasteiger partial charge >= 0.3 is 0 Å². The van der Waals surface area contributed by atoms with E-state index in [1.165, 1.54) is 0 Å². The van der Waals surface area contributed by atoms with E-state index in [0.29, 0.717) is 11.6 Å². The molecule has 1 aromatic rings. The molecule has 0 aromatic carbocycles. The molecule has 1 heterocycles. The predicted molar refractivity (Wildman–Crippen MR) is 60.8 cm³/mol. The molecular weight excluding hydrogens is 198 g/mol. The number of rotatable bonds is 5. The summed E-state index contributed by atoms with van der Waals surface area (Å²) in [6, 6.07) is 3.77. The van der Waals surface area contributed by atoms with Gasteiger partial charge in [-0.15, -0.1) is 0 Å². The van der Waals surface area contributed by atoms with E-state index < -0.39 is 0 Å². The topological polar surface area (TPSA) is 37.0 Å². The molecule has 0 atom stereocenters. The van der Waals surface area contributed by atoms with E-state index in [1.807, 2.05) is 19.2 Å². The summed E-state index contributed by atoms with van der Waals surface area (Å²) in [5.41, 5.74) is 0.885. The molecule has 1 rings (SSSR count). The Kier molecular flexibility index (Phi) is 4.70. The van der Waals surface area contributed by atoms with Crippen molar-refractivity contribution in [3.8, 4) is 0 Å². The molecule has 0 aliphatic heterocycles. The zero-order valence-corrected chi connectivity index (χ0v) is 9.36. The Hall–Kier alpha value is -0.800. The SMILES string of the molecule is CCCNc1ccc(Cl)c(CNC)n1. The minimum atomic E-state index is 0.695. The quantitative estimate of drug-likeness (QED) is 0.788. The monoisotopic (exact) mass is 213 g/mol. The third-order valence-electron chi connectivity index (χ3n) is 1.82. The van der Waals surface area contributed by atoms with E-state index in [-0.39, 0.29) is 0 Å². The lowest BCUT2D eigenvalue weighted by Crippen LogP contribution is -2.09. The molecular formula is C10H16ClN3. The van der Waals surface area contributed by atoms with Crippen molar-refractivity contribution in [2.75, 3.05) is 18.9 Å². The van der Waals surface area contributed by atoms with Gasteiger partial charge in [0.1, 0.15) is 5.82 Å². The van der Waals surface area contributed by atoms with Crippen molar-refractivity contribution in [2.45, 2.75) is 19.9 Å². The molecule has 0 aliphatic rings. The van der Waals surface area contributed by atoms with Crippen LogP contribution in [0.1, 0.15) is 19.0 Å². The van der Waals surface area contributed by atoms with Crippen molar-refractivity contribution in [2.24, 2.45) is 0 Å². The minimum absolute atomic E-state index is 0.695. The first-order valence-electron chi connectivity index (χ1n) is 4.81. The summed E-state index contributed by atoms with van der Waals surface area (Å²) in [6.45, 7) is 3.76. The van der Waals surface area contributed by atoms with Gasteiger partial charge in [-0.2, -0.15) is 0 Å². The molecule has 4 heteroatoms. The lowest BCUT2D eigenvalue weighted by atomic mass is 10.3. The largest absolute Gasteiger partial charge is 0.370 e. The average molecular weight is 214 g/mol. The van der Waals surface area contributed by atoms with Crippen molar-refractivity contribution in [1.82, 2.24) is 10.3 Å². The van der Waals surface area contributed by atoms with Crippen LogP contribution in [0, 0.1) is 0 Å². The van der Waals surface area contributed by atoms with Gasteiger partial charge in [-0.25, -0.2) is 4.98 Å². The number of hydrogen-bond acceptors (Lipinski definition) is 3. The fourth-order valence-corrected chi connectivity index (χ4v) is 1.30. The second-order valence-corrected chi connectivity index (χ2v) is 3.49. The number of pyridine rings is 1. The Bertz CT molecular complexity index is 289. The molecule has 2 N–H and O–H groups in total. The van der Waals surface area contributed by atoms with E-state index >= 15 is 0 Å². The van der Waals surface area contributed by atoms with Crippen molar-refractivity contribution >= 4 is 17.4 Å². The van der Waals surface area contributed by atoms with Gasteiger partial charge in [-0.1, -0.05) is 18.5 Å². The van der Waals surface area contributed by atoms with Crippen LogP contribution in [-0.2, 0) is 6.54 Å². The minimum Gasteiger partial charge on any atom is -0.370 e. The summed E-state index contributed by atoms with van der Waals surface area (Å²) in [4.78, 5) is 4.39. The van der Waals surface area contributed by atoms with Gasteiger partial charge in [0.2, 0.25) is 0 Å². The first-order chi connectivity index (χ1) is 6.77.